The highest BCUT2D eigenvalue weighted by molar-refractivity contribution is 5.37. The first-order chi connectivity index (χ1) is 8.43. The molecule has 1 heterocycles. The van der Waals surface area contributed by atoms with Gasteiger partial charge in [0.15, 0.2) is 0 Å². The second-order valence-electron chi connectivity index (χ2n) is 5.04. The number of nitrogens with zero attached hydrogens (tertiary/aromatic N) is 2. The van der Waals surface area contributed by atoms with E-state index < -0.39 is 4.92 Å². The summed E-state index contributed by atoms with van der Waals surface area (Å²) in [5.41, 5.74) is 1.66. The smallest absolute Gasteiger partial charge is 0.290 e. The van der Waals surface area contributed by atoms with Crippen LogP contribution in [0.3, 0.4) is 0 Å². The fourth-order valence-electron chi connectivity index (χ4n) is 2.03. The minimum Gasteiger partial charge on any atom is -0.317 e. The van der Waals surface area contributed by atoms with E-state index in [4.69, 9.17) is 0 Å². The summed E-state index contributed by atoms with van der Waals surface area (Å²) in [5, 5.41) is 14.0. The number of aryl methyl sites for hydroxylation is 1. The van der Waals surface area contributed by atoms with Crippen LogP contribution in [0.1, 0.15) is 31.5 Å². The molecule has 18 heavy (non-hydrogen) atoms. The third-order valence-electron chi connectivity index (χ3n) is 2.96. The van der Waals surface area contributed by atoms with Gasteiger partial charge in [0.1, 0.15) is 6.20 Å². The average molecular weight is 251 g/mol. The molecule has 1 atom stereocenters. The fraction of sp³-hybridized carbons (Fsp3) is 0.615. The monoisotopic (exact) mass is 251 g/mol. The molecule has 1 rings (SSSR count). The van der Waals surface area contributed by atoms with E-state index in [1.54, 1.807) is 6.92 Å². The maximum Gasteiger partial charge on any atom is 0.290 e. The van der Waals surface area contributed by atoms with Crippen molar-refractivity contribution in [1.29, 1.82) is 0 Å². The number of hydrogen-bond acceptors (Lipinski definition) is 4. The third-order valence-corrected chi connectivity index (χ3v) is 2.96. The van der Waals surface area contributed by atoms with E-state index in [0.29, 0.717) is 17.5 Å². The molecule has 1 aromatic rings. The van der Waals surface area contributed by atoms with Gasteiger partial charge in [-0.3, -0.25) is 15.1 Å². The molecular formula is C13H21N3O2. The second-order valence-corrected chi connectivity index (χ2v) is 5.04. The fourth-order valence-corrected chi connectivity index (χ4v) is 2.03. The number of likely N-dealkylation sites (N-methyl/N-ethyl adjacent to an activating group) is 1. The molecule has 0 spiro atoms. The molecule has 5 nitrogen and oxygen atoms in total. The van der Waals surface area contributed by atoms with Crippen molar-refractivity contribution in [3.05, 3.63) is 33.6 Å². The first-order valence-electron chi connectivity index (χ1n) is 6.21. The van der Waals surface area contributed by atoms with Gasteiger partial charge in [0.05, 0.1) is 4.92 Å². The summed E-state index contributed by atoms with van der Waals surface area (Å²) in [6.45, 7) is 6.11. The van der Waals surface area contributed by atoms with Gasteiger partial charge in [-0.25, -0.2) is 0 Å². The number of nitrogens with one attached hydrogen (secondary N) is 1. The van der Waals surface area contributed by atoms with Crippen LogP contribution in [-0.4, -0.2) is 23.0 Å². The van der Waals surface area contributed by atoms with Gasteiger partial charge in [0, 0.05) is 23.7 Å². The van der Waals surface area contributed by atoms with Gasteiger partial charge >= 0.3 is 0 Å². The quantitative estimate of drug-likeness (QED) is 0.623. The van der Waals surface area contributed by atoms with Crippen LogP contribution in [0.2, 0.25) is 0 Å². The van der Waals surface area contributed by atoms with E-state index in [2.05, 4.69) is 24.1 Å². The van der Waals surface area contributed by atoms with Crippen LogP contribution >= 0.6 is 0 Å². The predicted octanol–water partition coefficient (Wildman–Crippen LogP) is 2.47. The molecule has 0 bridgehead atoms. The number of aromatic nitrogens is 1. The van der Waals surface area contributed by atoms with Crippen molar-refractivity contribution in [3.63, 3.8) is 0 Å². The van der Waals surface area contributed by atoms with E-state index >= 15 is 0 Å². The van der Waals surface area contributed by atoms with Crippen molar-refractivity contribution in [2.45, 2.75) is 39.7 Å². The van der Waals surface area contributed by atoms with E-state index in [1.165, 1.54) is 6.20 Å². The zero-order valence-electron chi connectivity index (χ0n) is 11.4. The third kappa shape index (κ3) is 4.07. The van der Waals surface area contributed by atoms with Crippen LogP contribution in [0.25, 0.3) is 0 Å². The highest BCUT2D eigenvalue weighted by atomic mass is 16.6. The summed E-state index contributed by atoms with van der Waals surface area (Å²) in [6, 6.07) is 2.17. The zero-order chi connectivity index (χ0) is 13.7. The molecule has 0 aliphatic carbocycles. The van der Waals surface area contributed by atoms with Crippen molar-refractivity contribution < 1.29 is 4.92 Å². The summed E-state index contributed by atoms with van der Waals surface area (Å²) in [7, 11) is 1.94. The lowest BCUT2D eigenvalue weighted by Gasteiger charge is -2.17. The van der Waals surface area contributed by atoms with E-state index in [-0.39, 0.29) is 5.69 Å². The molecule has 1 unspecified atom stereocenters. The second kappa shape index (κ2) is 6.44. The maximum atomic E-state index is 10.7. The summed E-state index contributed by atoms with van der Waals surface area (Å²) >= 11 is 0. The lowest BCUT2D eigenvalue weighted by molar-refractivity contribution is -0.385. The van der Waals surface area contributed by atoms with Crippen LogP contribution in [0.15, 0.2) is 12.3 Å². The Labute approximate surface area is 108 Å². The SMILES string of the molecule is CNC(Cc1cc(C)c([N+](=O)[O-])cn1)CC(C)C. The summed E-state index contributed by atoms with van der Waals surface area (Å²) < 4.78 is 0. The molecule has 0 radical (unpaired) electrons. The van der Waals surface area contributed by atoms with Crippen molar-refractivity contribution in [2.24, 2.45) is 5.92 Å². The first kappa shape index (κ1) is 14.6. The number of pyridine rings is 1. The summed E-state index contributed by atoms with van der Waals surface area (Å²) in [4.78, 5) is 14.5. The minimum atomic E-state index is -0.393. The van der Waals surface area contributed by atoms with Crippen LogP contribution in [0.4, 0.5) is 5.69 Å². The number of nitro groups is 1. The highest BCUT2D eigenvalue weighted by Crippen LogP contribution is 2.18. The molecule has 0 saturated carbocycles. The topological polar surface area (TPSA) is 68.1 Å². The number of rotatable bonds is 6. The van der Waals surface area contributed by atoms with Gasteiger partial charge in [-0.15, -0.1) is 0 Å². The predicted molar refractivity (Wildman–Crippen MR) is 71.6 cm³/mol. The van der Waals surface area contributed by atoms with Crippen molar-refractivity contribution in [3.8, 4) is 0 Å². The molecule has 0 aliphatic heterocycles. The zero-order valence-corrected chi connectivity index (χ0v) is 11.4. The van der Waals surface area contributed by atoms with Crippen molar-refractivity contribution in [1.82, 2.24) is 10.3 Å². The Kier molecular flexibility index (Phi) is 5.22. The van der Waals surface area contributed by atoms with Crippen LogP contribution in [0, 0.1) is 23.0 Å². The normalized spacial score (nSPS) is 12.7. The van der Waals surface area contributed by atoms with Crippen molar-refractivity contribution in [2.75, 3.05) is 7.05 Å². The Hall–Kier alpha value is -1.49. The Morgan fingerprint density at radius 1 is 1.50 bits per heavy atom. The molecule has 0 aromatic carbocycles. The lowest BCUT2D eigenvalue weighted by atomic mass is 9.99. The van der Waals surface area contributed by atoms with Gasteiger partial charge in [-0.2, -0.15) is 0 Å². The molecule has 0 amide bonds. The van der Waals surface area contributed by atoms with Crippen molar-refractivity contribution >= 4 is 5.69 Å². The average Bonchev–Trinajstić information content (AvgIpc) is 2.27. The molecule has 0 aliphatic rings. The molecule has 1 N–H and O–H groups in total. The molecule has 100 valence electrons. The van der Waals surface area contributed by atoms with Gasteiger partial charge in [0.2, 0.25) is 0 Å². The van der Waals surface area contributed by atoms with E-state index in [0.717, 1.165) is 18.5 Å². The Balaban J connectivity index is 2.78. The van der Waals surface area contributed by atoms with Gasteiger partial charge in [0.25, 0.3) is 5.69 Å². The molecule has 5 heteroatoms. The first-order valence-corrected chi connectivity index (χ1v) is 6.21. The summed E-state index contributed by atoms with van der Waals surface area (Å²) in [6.07, 6.45) is 3.22. The van der Waals surface area contributed by atoms with E-state index in [9.17, 15) is 10.1 Å². The van der Waals surface area contributed by atoms with Gasteiger partial charge in [-0.05, 0) is 32.4 Å². The Bertz CT molecular complexity index is 419. The van der Waals surface area contributed by atoms with Gasteiger partial charge in [-0.1, -0.05) is 13.8 Å². The Morgan fingerprint density at radius 2 is 2.17 bits per heavy atom. The largest absolute Gasteiger partial charge is 0.317 e. The molecule has 0 fully saturated rings. The number of hydrogen-bond donors (Lipinski definition) is 1. The molecular weight excluding hydrogens is 230 g/mol. The Morgan fingerprint density at radius 3 is 2.61 bits per heavy atom. The standard InChI is InChI=1S/C13H21N3O2/c1-9(2)5-11(14-4)7-12-6-10(3)13(8-15-12)16(17)18/h6,8-9,11,14H,5,7H2,1-4H3. The minimum absolute atomic E-state index is 0.0867. The van der Waals surface area contributed by atoms with Crippen LogP contribution in [-0.2, 0) is 6.42 Å². The van der Waals surface area contributed by atoms with Crippen LogP contribution in [0.5, 0.6) is 0 Å². The molecule has 0 saturated heterocycles. The van der Waals surface area contributed by atoms with Crippen LogP contribution < -0.4 is 5.32 Å². The highest BCUT2D eigenvalue weighted by Gasteiger charge is 2.14. The maximum absolute atomic E-state index is 10.7. The summed E-state index contributed by atoms with van der Waals surface area (Å²) in [5.74, 6) is 0.613. The van der Waals surface area contributed by atoms with Gasteiger partial charge < -0.3 is 5.32 Å². The molecule has 1 aromatic heterocycles. The van der Waals surface area contributed by atoms with E-state index in [1.807, 2.05) is 13.1 Å². The lowest BCUT2D eigenvalue weighted by Crippen LogP contribution is -2.29.